The van der Waals surface area contributed by atoms with E-state index < -0.39 is 0 Å². The first-order valence-corrected chi connectivity index (χ1v) is 18.9. The van der Waals surface area contributed by atoms with Crippen LogP contribution in [0.4, 0.5) is 34.1 Å². The van der Waals surface area contributed by atoms with Crippen LogP contribution in [0.2, 0.25) is 0 Å². The molecule has 0 N–H and O–H groups in total. The fourth-order valence-corrected chi connectivity index (χ4v) is 8.33. The maximum Gasteiger partial charge on any atom is 0.252 e. The van der Waals surface area contributed by atoms with E-state index in [2.05, 4.69) is 215 Å². The Morgan fingerprint density at radius 2 is 0.906 bits per heavy atom. The quantitative estimate of drug-likeness (QED) is 0.170. The Kier molecular flexibility index (Phi) is 7.75. The third kappa shape index (κ3) is 5.67. The molecule has 3 heteroatoms. The van der Waals surface area contributed by atoms with Crippen LogP contribution < -0.4 is 26.2 Å². The van der Waals surface area contributed by atoms with Crippen molar-refractivity contribution < 1.29 is 0 Å². The van der Waals surface area contributed by atoms with Gasteiger partial charge in [0.05, 0.1) is 0 Å². The van der Waals surface area contributed by atoms with Crippen LogP contribution >= 0.6 is 0 Å². The van der Waals surface area contributed by atoms with Crippen LogP contribution in [-0.2, 0) is 10.8 Å². The molecule has 0 unspecified atom stereocenters. The molecule has 7 aromatic carbocycles. The third-order valence-electron chi connectivity index (χ3n) is 11.2. The Hall–Kier alpha value is -5.80. The Morgan fingerprint density at radius 1 is 0.358 bits per heavy atom. The monoisotopic (exact) mass is 684 g/mol. The summed E-state index contributed by atoms with van der Waals surface area (Å²) in [5.41, 5.74) is 18.9. The minimum atomic E-state index is 0.00236. The van der Waals surface area contributed by atoms with E-state index >= 15 is 0 Å². The SMILES string of the molecule is CC(C)(C)c1ccc(N2c3cc(-c4ccccc4)ccc3B3c4cc(C(C)(C)C)ccc4N(c4cccc(-c5ccccc5)c4)c4cccc2c43)cc1. The minimum absolute atomic E-state index is 0.00236. The van der Waals surface area contributed by atoms with E-state index in [0.29, 0.717) is 0 Å². The van der Waals surface area contributed by atoms with Gasteiger partial charge in [-0.3, -0.25) is 0 Å². The second-order valence-electron chi connectivity index (χ2n) is 16.7. The summed E-state index contributed by atoms with van der Waals surface area (Å²) >= 11 is 0. The summed E-state index contributed by atoms with van der Waals surface area (Å²) in [7, 11) is 0. The van der Waals surface area contributed by atoms with E-state index in [1.54, 1.807) is 0 Å². The van der Waals surface area contributed by atoms with Gasteiger partial charge >= 0.3 is 0 Å². The van der Waals surface area contributed by atoms with Gasteiger partial charge in [0.25, 0.3) is 6.71 Å². The zero-order valence-electron chi connectivity index (χ0n) is 31.6. The summed E-state index contributed by atoms with van der Waals surface area (Å²) in [5.74, 6) is 0. The van der Waals surface area contributed by atoms with Gasteiger partial charge in [0.15, 0.2) is 0 Å². The van der Waals surface area contributed by atoms with Crippen molar-refractivity contribution in [2.24, 2.45) is 0 Å². The zero-order chi connectivity index (χ0) is 36.5. The van der Waals surface area contributed by atoms with E-state index in [1.165, 1.54) is 78.2 Å². The van der Waals surface area contributed by atoms with Crippen LogP contribution in [0, 0.1) is 0 Å². The van der Waals surface area contributed by atoms with Crippen LogP contribution in [-0.4, -0.2) is 6.71 Å². The maximum absolute atomic E-state index is 2.51. The van der Waals surface area contributed by atoms with Crippen LogP contribution in [0.1, 0.15) is 52.7 Å². The van der Waals surface area contributed by atoms with Gasteiger partial charge in [0, 0.05) is 34.1 Å². The van der Waals surface area contributed by atoms with Crippen molar-refractivity contribution in [3.63, 3.8) is 0 Å². The standard InChI is InChI=1S/C50H45BN2/c1-49(2,3)38-24-27-40(28-25-38)52-45-21-14-22-46-48(45)51(42-29-23-37(32-47(42)52)35-17-11-8-12-18-35)43-33-39(50(4,5)6)26-30-44(43)53(46)41-20-13-19-36(31-41)34-15-9-7-10-16-34/h7-33H,1-6H3. The van der Waals surface area contributed by atoms with Gasteiger partial charge in [-0.15, -0.1) is 0 Å². The number of anilines is 6. The normalized spacial score (nSPS) is 13.4. The lowest BCUT2D eigenvalue weighted by Gasteiger charge is -2.44. The second-order valence-corrected chi connectivity index (χ2v) is 16.7. The van der Waals surface area contributed by atoms with Gasteiger partial charge < -0.3 is 9.80 Å². The Labute approximate surface area is 315 Å². The lowest BCUT2D eigenvalue weighted by atomic mass is 9.33. The summed E-state index contributed by atoms with van der Waals surface area (Å²) in [6, 6.07) is 61.0. The molecular weight excluding hydrogens is 639 g/mol. The van der Waals surface area contributed by atoms with Crippen molar-refractivity contribution in [1.29, 1.82) is 0 Å². The fraction of sp³-hybridized carbons (Fsp3) is 0.160. The molecule has 9 rings (SSSR count). The van der Waals surface area contributed by atoms with Crippen LogP contribution in [0.5, 0.6) is 0 Å². The van der Waals surface area contributed by atoms with Crippen LogP contribution in [0.25, 0.3) is 22.3 Å². The highest BCUT2D eigenvalue weighted by Crippen LogP contribution is 2.45. The summed E-state index contributed by atoms with van der Waals surface area (Å²) < 4.78 is 0. The molecule has 0 saturated heterocycles. The highest BCUT2D eigenvalue weighted by molar-refractivity contribution is 7.00. The van der Waals surface area contributed by atoms with Gasteiger partial charge in [0.2, 0.25) is 0 Å². The number of rotatable bonds is 4. The minimum Gasteiger partial charge on any atom is -0.311 e. The summed E-state index contributed by atoms with van der Waals surface area (Å²) in [6.07, 6.45) is 0. The number of hydrogen-bond donors (Lipinski definition) is 0. The number of hydrogen-bond acceptors (Lipinski definition) is 2. The van der Waals surface area contributed by atoms with Crippen molar-refractivity contribution in [1.82, 2.24) is 0 Å². The highest BCUT2D eigenvalue weighted by Gasteiger charge is 2.43. The predicted molar refractivity (Wildman–Crippen MR) is 229 cm³/mol. The smallest absolute Gasteiger partial charge is 0.252 e. The molecule has 0 saturated carbocycles. The molecule has 0 aliphatic carbocycles. The van der Waals surface area contributed by atoms with Crippen molar-refractivity contribution in [2.45, 2.75) is 52.4 Å². The zero-order valence-corrected chi connectivity index (χ0v) is 31.6. The Morgan fingerprint density at radius 3 is 1.53 bits per heavy atom. The Bertz CT molecular complexity index is 2470. The first-order valence-electron chi connectivity index (χ1n) is 18.9. The van der Waals surface area contributed by atoms with E-state index in [-0.39, 0.29) is 17.5 Å². The van der Waals surface area contributed by atoms with E-state index in [4.69, 9.17) is 0 Å². The summed E-state index contributed by atoms with van der Waals surface area (Å²) in [4.78, 5) is 5.02. The van der Waals surface area contributed by atoms with Crippen LogP contribution in [0.15, 0.2) is 164 Å². The molecule has 0 atom stereocenters. The van der Waals surface area contributed by atoms with Crippen molar-refractivity contribution >= 4 is 57.2 Å². The molecule has 2 aliphatic rings. The molecule has 7 aromatic rings. The highest BCUT2D eigenvalue weighted by atomic mass is 15.2. The molecule has 0 aromatic heterocycles. The van der Waals surface area contributed by atoms with E-state index in [1.807, 2.05) is 0 Å². The number of fused-ring (bicyclic) bond motifs is 4. The Balaban J connectivity index is 1.32. The van der Waals surface area contributed by atoms with Crippen molar-refractivity contribution in [3.8, 4) is 22.3 Å². The van der Waals surface area contributed by atoms with Gasteiger partial charge in [-0.05, 0) is 109 Å². The number of benzene rings is 7. The summed E-state index contributed by atoms with van der Waals surface area (Å²) in [5, 5.41) is 0. The first-order chi connectivity index (χ1) is 25.6. The molecule has 2 aliphatic heterocycles. The molecule has 0 spiro atoms. The third-order valence-corrected chi connectivity index (χ3v) is 11.2. The van der Waals surface area contributed by atoms with Crippen molar-refractivity contribution in [2.75, 3.05) is 9.80 Å². The van der Waals surface area contributed by atoms with E-state index in [0.717, 1.165) is 5.69 Å². The topological polar surface area (TPSA) is 6.48 Å². The fourth-order valence-electron chi connectivity index (χ4n) is 8.33. The maximum atomic E-state index is 2.51. The lowest BCUT2D eigenvalue weighted by molar-refractivity contribution is 0.590. The average Bonchev–Trinajstić information content (AvgIpc) is 3.17. The van der Waals surface area contributed by atoms with Gasteiger partial charge in [0.1, 0.15) is 0 Å². The van der Waals surface area contributed by atoms with Crippen molar-refractivity contribution in [3.05, 3.63) is 175 Å². The predicted octanol–water partition coefficient (Wildman–Crippen LogP) is 11.7. The molecule has 0 radical (unpaired) electrons. The average molecular weight is 685 g/mol. The molecule has 2 heterocycles. The molecule has 53 heavy (non-hydrogen) atoms. The molecule has 0 amide bonds. The molecule has 2 nitrogen and oxygen atoms in total. The van der Waals surface area contributed by atoms with Gasteiger partial charge in [-0.1, -0.05) is 157 Å². The van der Waals surface area contributed by atoms with Gasteiger partial charge in [-0.25, -0.2) is 0 Å². The first kappa shape index (κ1) is 33.1. The summed E-state index contributed by atoms with van der Waals surface area (Å²) in [6.45, 7) is 13.9. The molecular formula is C50H45BN2. The van der Waals surface area contributed by atoms with Gasteiger partial charge in [-0.2, -0.15) is 0 Å². The largest absolute Gasteiger partial charge is 0.311 e. The van der Waals surface area contributed by atoms with Crippen LogP contribution in [0.3, 0.4) is 0 Å². The lowest BCUT2D eigenvalue weighted by Crippen LogP contribution is -2.61. The van der Waals surface area contributed by atoms with E-state index in [9.17, 15) is 0 Å². The molecule has 0 fully saturated rings. The molecule has 258 valence electrons. The second kappa shape index (κ2) is 12.4. The number of nitrogens with zero attached hydrogens (tertiary/aromatic N) is 2. The molecule has 0 bridgehead atoms.